The molecule has 0 aliphatic heterocycles. The molecule has 2 N–H and O–H groups in total. The number of hydrogen-bond donors (Lipinski definition) is 2. The summed E-state index contributed by atoms with van der Waals surface area (Å²) in [5.41, 5.74) is 0.0340. The van der Waals surface area contributed by atoms with Gasteiger partial charge in [-0.25, -0.2) is 13.2 Å². The molecule has 0 saturated heterocycles. The van der Waals surface area contributed by atoms with Gasteiger partial charge in [0.1, 0.15) is 0 Å². The van der Waals surface area contributed by atoms with Gasteiger partial charge in [-0.1, -0.05) is 23.7 Å². The van der Waals surface area contributed by atoms with E-state index < -0.39 is 28.0 Å². The second-order valence-corrected chi connectivity index (χ2v) is 7.67. The highest BCUT2D eigenvalue weighted by Crippen LogP contribution is 2.22. The van der Waals surface area contributed by atoms with Gasteiger partial charge in [0.2, 0.25) is 0 Å². The van der Waals surface area contributed by atoms with E-state index in [9.17, 15) is 18.0 Å². The number of rotatable bonds is 7. The first-order valence-corrected chi connectivity index (χ1v) is 9.97. The van der Waals surface area contributed by atoms with Crippen LogP contribution in [0.4, 0.5) is 5.69 Å². The van der Waals surface area contributed by atoms with Crippen LogP contribution in [0.2, 0.25) is 5.02 Å². The second-order valence-electron chi connectivity index (χ2n) is 5.55. The summed E-state index contributed by atoms with van der Waals surface area (Å²) in [6.45, 7) is 3.58. The van der Waals surface area contributed by atoms with Crippen LogP contribution in [0.1, 0.15) is 24.2 Å². The quantitative estimate of drug-likeness (QED) is 0.683. The van der Waals surface area contributed by atoms with E-state index in [-0.39, 0.29) is 16.1 Å². The Hall–Kier alpha value is -2.58. The number of amides is 1. The highest BCUT2D eigenvalue weighted by atomic mass is 35.5. The minimum Gasteiger partial charge on any atom is -0.449 e. The third kappa shape index (κ3) is 5.45. The van der Waals surface area contributed by atoms with Crippen molar-refractivity contribution >= 4 is 39.2 Å². The summed E-state index contributed by atoms with van der Waals surface area (Å²) in [4.78, 5) is 24.1. The number of carbonyl (C=O) groups excluding carboxylic acids is 2. The molecule has 0 bridgehead atoms. The molecule has 7 nitrogen and oxygen atoms in total. The van der Waals surface area contributed by atoms with Crippen molar-refractivity contribution in [2.24, 2.45) is 0 Å². The average molecular weight is 411 g/mol. The summed E-state index contributed by atoms with van der Waals surface area (Å²) in [6.07, 6.45) is -1.02. The van der Waals surface area contributed by atoms with Gasteiger partial charge in [-0.05, 0) is 50.2 Å². The summed E-state index contributed by atoms with van der Waals surface area (Å²) < 4.78 is 32.5. The fourth-order valence-corrected chi connectivity index (χ4v) is 3.37. The Labute approximate surface area is 162 Å². The number of halogens is 1. The van der Waals surface area contributed by atoms with E-state index in [1.807, 2.05) is 0 Å². The van der Waals surface area contributed by atoms with E-state index >= 15 is 0 Å². The van der Waals surface area contributed by atoms with Crippen LogP contribution in [0.3, 0.4) is 0 Å². The number of nitrogens with one attached hydrogen (secondary N) is 2. The van der Waals surface area contributed by atoms with Gasteiger partial charge in [0.25, 0.3) is 15.9 Å². The maximum absolute atomic E-state index is 12.5. The minimum absolute atomic E-state index is 0.00816. The molecule has 0 fully saturated rings. The van der Waals surface area contributed by atoms with Crippen LogP contribution in [-0.4, -0.2) is 32.9 Å². The lowest BCUT2D eigenvalue weighted by Crippen LogP contribution is -2.35. The zero-order chi connectivity index (χ0) is 20.0. The molecule has 0 saturated carbocycles. The first-order valence-electron chi connectivity index (χ1n) is 8.10. The van der Waals surface area contributed by atoms with Gasteiger partial charge >= 0.3 is 5.97 Å². The number of esters is 1. The standard InChI is InChI=1S/C18H19ClN2O5S/c1-3-20-17(22)12(2)26-18(23)15-6-4-5-7-16(15)21-27(24,25)14-10-8-13(19)9-11-14/h4-12,21H,3H2,1-2H3,(H,20,22)/t12-/m1/s1. The molecular formula is C18H19ClN2O5S. The third-order valence-electron chi connectivity index (χ3n) is 3.52. The van der Waals surface area contributed by atoms with Crippen LogP contribution in [0, 0.1) is 0 Å². The molecule has 1 atom stereocenters. The molecule has 9 heteroatoms. The predicted octanol–water partition coefficient (Wildman–Crippen LogP) is 2.82. The highest BCUT2D eigenvalue weighted by molar-refractivity contribution is 7.92. The van der Waals surface area contributed by atoms with E-state index in [0.717, 1.165) is 0 Å². The van der Waals surface area contributed by atoms with Crippen LogP contribution in [0.25, 0.3) is 0 Å². The lowest BCUT2D eigenvalue weighted by atomic mass is 10.2. The minimum atomic E-state index is -3.94. The molecule has 0 heterocycles. The number of sulfonamides is 1. The Bertz CT molecular complexity index is 929. The summed E-state index contributed by atoms with van der Waals surface area (Å²) in [5, 5.41) is 2.94. The molecule has 0 unspecified atom stereocenters. The van der Waals surface area contributed by atoms with Gasteiger partial charge in [0.15, 0.2) is 6.10 Å². The molecule has 144 valence electrons. The molecule has 0 aliphatic carbocycles. The Balaban J connectivity index is 2.23. The molecule has 0 spiro atoms. The molecular weight excluding hydrogens is 392 g/mol. The molecule has 0 radical (unpaired) electrons. The number of anilines is 1. The van der Waals surface area contributed by atoms with Crippen molar-refractivity contribution in [1.29, 1.82) is 0 Å². The Morgan fingerprint density at radius 1 is 1.11 bits per heavy atom. The van der Waals surface area contributed by atoms with Gasteiger partial charge in [-0.15, -0.1) is 0 Å². The Morgan fingerprint density at radius 2 is 1.74 bits per heavy atom. The fraction of sp³-hybridized carbons (Fsp3) is 0.222. The molecule has 0 aliphatic rings. The number of carbonyl (C=O) groups is 2. The van der Waals surface area contributed by atoms with Crippen LogP contribution < -0.4 is 10.0 Å². The largest absolute Gasteiger partial charge is 0.449 e. The van der Waals surface area contributed by atoms with Crippen LogP contribution in [0.5, 0.6) is 0 Å². The average Bonchev–Trinajstić information content (AvgIpc) is 2.62. The van der Waals surface area contributed by atoms with Gasteiger partial charge < -0.3 is 10.1 Å². The Kier molecular flexibility index (Phi) is 6.81. The lowest BCUT2D eigenvalue weighted by molar-refractivity contribution is -0.128. The summed E-state index contributed by atoms with van der Waals surface area (Å²) >= 11 is 5.78. The normalized spacial score (nSPS) is 12.1. The maximum atomic E-state index is 12.5. The van der Waals surface area contributed by atoms with E-state index in [2.05, 4.69) is 10.0 Å². The summed E-state index contributed by atoms with van der Waals surface area (Å²) in [6, 6.07) is 11.6. The topological polar surface area (TPSA) is 102 Å². The number of hydrogen-bond acceptors (Lipinski definition) is 5. The van der Waals surface area contributed by atoms with E-state index in [4.69, 9.17) is 16.3 Å². The summed E-state index contributed by atoms with van der Waals surface area (Å²) in [5.74, 6) is -1.26. The van der Waals surface area contributed by atoms with Crippen LogP contribution >= 0.6 is 11.6 Å². The van der Waals surface area contributed by atoms with Crippen molar-refractivity contribution in [1.82, 2.24) is 5.32 Å². The third-order valence-corrected chi connectivity index (χ3v) is 5.15. The van der Waals surface area contributed by atoms with Gasteiger partial charge in [0, 0.05) is 11.6 Å². The van der Waals surface area contributed by atoms with Crippen molar-refractivity contribution in [3.8, 4) is 0 Å². The lowest BCUT2D eigenvalue weighted by Gasteiger charge is -2.15. The smallest absolute Gasteiger partial charge is 0.341 e. The maximum Gasteiger partial charge on any atom is 0.341 e. The number of para-hydroxylation sites is 1. The fourth-order valence-electron chi connectivity index (χ4n) is 2.16. The number of likely N-dealkylation sites (N-methyl/N-ethyl adjacent to an activating group) is 1. The predicted molar refractivity (Wildman–Crippen MR) is 102 cm³/mol. The monoisotopic (exact) mass is 410 g/mol. The van der Waals surface area contributed by atoms with Crippen molar-refractivity contribution < 1.29 is 22.7 Å². The zero-order valence-electron chi connectivity index (χ0n) is 14.7. The van der Waals surface area contributed by atoms with Gasteiger partial charge in [-0.2, -0.15) is 0 Å². The van der Waals surface area contributed by atoms with E-state index in [1.165, 1.54) is 43.3 Å². The van der Waals surface area contributed by atoms with Gasteiger partial charge in [0.05, 0.1) is 16.1 Å². The molecule has 2 rings (SSSR count). The zero-order valence-corrected chi connectivity index (χ0v) is 16.3. The van der Waals surface area contributed by atoms with Crippen LogP contribution in [0.15, 0.2) is 53.4 Å². The molecule has 2 aromatic carbocycles. The van der Waals surface area contributed by atoms with E-state index in [0.29, 0.717) is 11.6 Å². The number of benzene rings is 2. The number of ether oxygens (including phenoxy) is 1. The van der Waals surface area contributed by atoms with Crippen LogP contribution in [-0.2, 0) is 19.6 Å². The van der Waals surface area contributed by atoms with Crippen molar-refractivity contribution in [2.45, 2.75) is 24.8 Å². The van der Waals surface area contributed by atoms with Gasteiger partial charge in [-0.3, -0.25) is 9.52 Å². The Morgan fingerprint density at radius 3 is 2.37 bits per heavy atom. The van der Waals surface area contributed by atoms with E-state index in [1.54, 1.807) is 19.1 Å². The first-order chi connectivity index (χ1) is 12.7. The molecule has 2 aromatic rings. The molecule has 1 amide bonds. The molecule has 0 aromatic heterocycles. The highest BCUT2D eigenvalue weighted by Gasteiger charge is 2.22. The van der Waals surface area contributed by atoms with Crippen molar-refractivity contribution in [2.75, 3.05) is 11.3 Å². The second kappa shape index (κ2) is 8.88. The SMILES string of the molecule is CCNC(=O)[C@@H](C)OC(=O)c1ccccc1NS(=O)(=O)c1ccc(Cl)cc1. The molecule has 27 heavy (non-hydrogen) atoms. The van der Waals surface area contributed by atoms with Crippen molar-refractivity contribution in [3.05, 3.63) is 59.1 Å². The summed E-state index contributed by atoms with van der Waals surface area (Å²) in [7, 11) is -3.94. The first kappa shape index (κ1) is 20.7. The van der Waals surface area contributed by atoms with Crippen molar-refractivity contribution in [3.63, 3.8) is 0 Å².